The Morgan fingerprint density at radius 3 is 2.00 bits per heavy atom. The van der Waals surface area contributed by atoms with Gasteiger partial charge in [0.15, 0.2) is 0 Å². The van der Waals surface area contributed by atoms with Crippen molar-refractivity contribution >= 4 is 0 Å². The summed E-state index contributed by atoms with van der Waals surface area (Å²) in [5.74, 6) is 0. The molecule has 0 bridgehead atoms. The molecule has 1 aromatic carbocycles. The van der Waals surface area contributed by atoms with Crippen molar-refractivity contribution in [1.82, 2.24) is 0 Å². The lowest BCUT2D eigenvalue weighted by molar-refractivity contribution is 0.0456. The lowest BCUT2D eigenvalue weighted by Gasteiger charge is -2.25. The average molecular weight is 235 g/mol. The van der Waals surface area contributed by atoms with Gasteiger partial charge in [0.2, 0.25) is 0 Å². The minimum Gasteiger partial charge on any atom is -0.388 e. The molecule has 0 amide bonds. The van der Waals surface area contributed by atoms with E-state index in [-0.39, 0.29) is 5.41 Å². The fourth-order valence-electron chi connectivity index (χ4n) is 1.84. The van der Waals surface area contributed by atoms with Crippen LogP contribution in [0.15, 0.2) is 24.3 Å². The molecule has 2 heteroatoms. The Morgan fingerprint density at radius 2 is 1.65 bits per heavy atom. The highest BCUT2D eigenvalue weighted by molar-refractivity contribution is 5.28. The summed E-state index contributed by atoms with van der Waals surface area (Å²) in [7, 11) is 0. The molecule has 0 spiro atoms. The van der Waals surface area contributed by atoms with Crippen LogP contribution >= 0.6 is 0 Å². The van der Waals surface area contributed by atoms with Crippen LogP contribution in [-0.2, 0) is 11.8 Å². The molecule has 1 rings (SSSR count). The van der Waals surface area contributed by atoms with Crippen molar-refractivity contribution in [3.8, 4) is 0 Å². The van der Waals surface area contributed by atoms with Gasteiger partial charge in [-0.25, -0.2) is 0 Å². The van der Waals surface area contributed by atoms with Crippen molar-refractivity contribution in [2.45, 2.75) is 51.6 Å². The Hall–Kier alpha value is -0.860. The van der Waals surface area contributed by atoms with Gasteiger partial charge in [-0.3, -0.25) is 0 Å². The number of benzene rings is 1. The molecular weight excluding hydrogens is 210 g/mol. The summed E-state index contributed by atoms with van der Waals surface area (Å²) >= 11 is 0. The third-order valence-corrected chi connectivity index (χ3v) is 3.39. The van der Waals surface area contributed by atoms with Gasteiger partial charge in [0.05, 0.1) is 5.60 Å². The van der Waals surface area contributed by atoms with Crippen LogP contribution in [0.4, 0.5) is 0 Å². The summed E-state index contributed by atoms with van der Waals surface area (Å²) in [6.07, 6.45) is 1.31. The first kappa shape index (κ1) is 14.2. The lowest BCUT2D eigenvalue weighted by Crippen LogP contribution is -2.39. The molecule has 0 saturated carbocycles. The SMILES string of the molecule is CCC(O)(CN)Cc1ccc(C(C)(C)C)cc1. The topological polar surface area (TPSA) is 46.2 Å². The minimum atomic E-state index is -0.761. The largest absolute Gasteiger partial charge is 0.388 e. The predicted octanol–water partition coefficient (Wildman–Crippen LogP) is 2.63. The standard InChI is InChI=1S/C15H25NO/c1-5-15(17,11-16)10-12-6-8-13(9-7-12)14(2,3)4/h6-9,17H,5,10-11,16H2,1-4H3. The second-order valence-corrected chi connectivity index (χ2v) is 5.91. The van der Waals surface area contributed by atoms with E-state index >= 15 is 0 Å². The molecule has 0 heterocycles. The third kappa shape index (κ3) is 3.83. The van der Waals surface area contributed by atoms with E-state index in [1.165, 1.54) is 5.56 Å². The molecule has 1 unspecified atom stereocenters. The fraction of sp³-hybridized carbons (Fsp3) is 0.600. The molecule has 17 heavy (non-hydrogen) atoms. The Morgan fingerprint density at radius 1 is 1.12 bits per heavy atom. The van der Waals surface area contributed by atoms with E-state index in [0.29, 0.717) is 19.4 Å². The number of rotatable bonds is 4. The molecule has 0 aliphatic heterocycles. The predicted molar refractivity (Wildman–Crippen MR) is 73.1 cm³/mol. The molecule has 0 aromatic heterocycles. The van der Waals surface area contributed by atoms with Crippen LogP contribution in [0, 0.1) is 0 Å². The summed E-state index contributed by atoms with van der Waals surface area (Å²) in [6.45, 7) is 8.87. The van der Waals surface area contributed by atoms with Crippen LogP contribution in [0.2, 0.25) is 0 Å². The Balaban J connectivity index is 2.82. The fourth-order valence-corrected chi connectivity index (χ4v) is 1.84. The summed E-state index contributed by atoms with van der Waals surface area (Å²) in [6, 6.07) is 8.47. The smallest absolute Gasteiger partial charge is 0.0806 e. The molecule has 0 saturated heterocycles. The van der Waals surface area contributed by atoms with E-state index in [0.717, 1.165) is 5.56 Å². The first-order chi connectivity index (χ1) is 7.80. The van der Waals surface area contributed by atoms with Gasteiger partial charge in [0.1, 0.15) is 0 Å². The molecule has 96 valence electrons. The second kappa shape index (κ2) is 5.19. The highest BCUT2D eigenvalue weighted by Crippen LogP contribution is 2.23. The van der Waals surface area contributed by atoms with Gasteiger partial charge in [-0.1, -0.05) is 52.0 Å². The third-order valence-electron chi connectivity index (χ3n) is 3.39. The first-order valence-corrected chi connectivity index (χ1v) is 6.32. The molecule has 0 radical (unpaired) electrons. The van der Waals surface area contributed by atoms with Crippen LogP contribution in [0.5, 0.6) is 0 Å². The molecule has 1 aromatic rings. The summed E-state index contributed by atoms with van der Waals surface area (Å²) in [4.78, 5) is 0. The molecule has 3 N–H and O–H groups in total. The summed E-state index contributed by atoms with van der Waals surface area (Å²) in [5, 5.41) is 10.2. The van der Waals surface area contributed by atoms with Gasteiger partial charge >= 0.3 is 0 Å². The van der Waals surface area contributed by atoms with Crippen molar-refractivity contribution in [2.75, 3.05) is 6.54 Å². The molecule has 0 aliphatic rings. The molecule has 1 atom stereocenters. The lowest BCUT2D eigenvalue weighted by atomic mass is 9.85. The molecule has 0 fully saturated rings. The van der Waals surface area contributed by atoms with E-state index < -0.39 is 5.60 Å². The number of aliphatic hydroxyl groups is 1. The van der Waals surface area contributed by atoms with Gasteiger partial charge in [-0.2, -0.15) is 0 Å². The van der Waals surface area contributed by atoms with E-state index in [1.807, 2.05) is 6.92 Å². The van der Waals surface area contributed by atoms with Crippen LogP contribution in [-0.4, -0.2) is 17.3 Å². The zero-order chi connectivity index (χ0) is 13.1. The Kier molecular flexibility index (Phi) is 4.34. The van der Waals surface area contributed by atoms with Crippen molar-refractivity contribution < 1.29 is 5.11 Å². The molecule has 0 aliphatic carbocycles. The van der Waals surface area contributed by atoms with Crippen LogP contribution < -0.4 is 5.73 Å². The maximum absolute atomic E-state index is 10.2. The Bertz CT molecular complexity index is 344. The quantitative estimate of drug-likeness (QED) is 0.842. The van der Waals surface area contributed by atoms with E-state index in [9.17, 15) is 5.11 Å². The highest BCUT2D eigenvalue weighted by atomic mass is 16.3. The molecule has 2 nitrogen and oxygen atoms in total. The second-order valence-electron chi connectivity index (χ2n) is 5.91. The van der Waals surface area contributed by atoms with Gasteiger partial charge in [-0.15, -0.1) is 0 Å². The monoisotopic (exact) mass is 235 g/mol. The van der Waals surface area contributed by atoms with E-state index in [2.05, 4.69) is 45.0 Å². The average Bonchev–Trinajstić information content (AvgIpc) is 2.28. The minimum absolute atomic E-state index is 0.174. The maximum Gasteiger partial charge on any atom is 0.0806 e. The van der Waals surface area contributed by atoms with Crippen LogP contribution in [0.25, 0.3) is 0 Å². The van der Waals surface area contributed by atoms with Crippen molar-refractivity contribution in [3.63, 3.8) is 0 Å². The molecular formula is C15H25NO. The van der Waals surface area contributed by atoms with Crippen molar-refractivity contribution in [1.29, 1.82) is 0 Å². The van der Waals surface area contributed by atoms with E-state index in [4.69, 9.17) is 5.73 Å². The number of hydrogen-bond donors (Lipinski definition) is 2. The normalized spacial score (nSPS) is 15.6. The van der Waals surface area contributed by atoms with Crippen molar-refractivity contribution in [2.24, 2.45) is 5.73 Å². The van der Waals surface area contributed by atoms with E-state index in [1.54, 1.807) is 0 Å². The van der Waals surface area contributed by atoms with Gasteiger partial charge in [-0.05, 0) is 23.0 Å². The van der Waals surface area contributed by atoms with Gasteiger partial charge in [0.25, 0.3) is 0 Å². The zero-order valence-electron chi connectivity index (χ0n) is 11.5. The number of nitrogens with two attached hydrogens (primary N) is 1. The summed E-state index contributed by atoms with van der Waals surface area (Å²) in [5.41, 5.74) is 7.49. The van der Waals surface area contributed by atoms with Crippen LogP contribution in [0.1, 0.15) is 45.2 Å². The zero-order valence-corrected chi connectivity index (χ0v) is 11.5. The Labute approximate surface area is 105 Å². The van der Waals surface area contributed by atoms with Crippen LogP contribution in [0.3, 0.4) is 0 Å². The number of hydrogen-bond acceptors (Lipinski definition) is 2. The summed E-state index contributed by atoms with van der Waals surface area (Å²) < 4.78 is 0. The maximum atomic E-state index is 10.2. The van der Waals surface area contributed by atoms with Crippen molar-refractivity contribution in [3.05, 3.63) is 35.4 Å². The van der Waals surface area contributed by atoms with Gasteiger partial charge in [0, 0.05) is 13.0 Å². The first-order valence-electron chi connectivity index (χ1n) is 6.32. The highest BCUT2D eigenvalue weighted by Gasteiger charge is 2.23. The van der Waals surface area contributed by atoms with Gasteiger partial charge < -0.3 is 10.8 Å².